The Hall–Kier alpha value is -1.16. The predicted octanol–water partition coefficient (Wildman–Crippen LogP) is 2.70. The van der Waals surface area contributed by atoms with Gasteiger partial charge in [0.05, 0.1) is 6.10 Å². The van der Waals surface area contributed by atoms with Crippen molar-refractivity contribution in [1.29, 1.82) is 0 Å². The lowest BCUT2D eigenvalue weighted by Gasteiger charge is -2.06. The molecule has 4 heteroatoms. The maximum Gasteiger partial charge on any atom is 0.310 e. The summed E-state index contributed by atoms with van der Waals surface area (Å²) in [7, 11) is 0. The summed E-state index contributed by atoms with van der Waals surface area (Å²) in [6.45, 7) is 2.15. The van der Waals surface area contributed by atoms with Crippen molar-refractivity contribution in [3.8, 4) is 0 Å². The Bertz CT molecular complexity index is 271. The number of carboxylic acids is 1. The van der Waals surface area contributed by atoms with E-state index in [1.165, 1.54) is 19.3 Å². The fraction of sp³-hybridized carbons (Fsp3) is 0.714. The molecule has 0 saturated carbocycles. The van der Waals surface area contributed by atoms with Crippen LogP contribution < -0.4 is 0 Å². The van der Waals surface area contributed by atoms with Crippen molar-refractivity contribution in [3.05, 3.63) is 12.2 Å². The number of rotatable bonds is 11. The largest absolute Gasteiger partial charge is 0.481 e. The molecule has 0 radical (unpaired) electrons. The van der Waals surface area contributed by atoms with Crippen molar-refractivity contribution in [2.45, 2.75) is 64.4 Å². The van der Waals surface area contributed by atoms with Crippen molar-refractivity contribution in [1.82, 2.24) is 0 Å². The Labute approximate surface area is 109 Å². The second kappa shape index (κ2) is 11.0. The third-order valence-corrected chi connectivity index (χ3v) is 2.65. The van der Waals surface area contributed by atoms with Gasteiger partial charge in [-0.05, 0) is 25.7 Å². The van der Waals surface area contributed by atoms with Crippen molar-refractivity contribution in [2.75, 3.05) is 0 Å². The van der Waals surface area contributed by atoms with E-state index in [1.54, 1.807) is 0 Å². The van der Waals surface area contributed by atoms with Crippen LogP contribution in [0.5, 0.6) is 0 Å². The van der Waals surface area contributed by atoms with Crippen molar-refractivity contribution in [2.24, 2.45) is 0 Å². The summed E-state index contributed by atoms with van der Waals surface area (Å²) in [6.07, 6.45) is 8.61. The summed E-state index contributed by atoms with van der Waals surface area (Å²) in [5.74, 6) is -1.43. The molecule has 0 fully saturated rings. The molecule has 18 heavy (non-hydrogen) atoms. The fourth-order valence-corrected chi connectivity index (χ4v) is 1.59. The van der Waals surface area contributed by atoms with Gasteiger partial charge in [-0.3, -0.25) is 9.59 Å². The van der Waals surface area contributed by atoms with Gasteiger partial charge in [-0.2, -0.15) is 0 Å². The van der Waals surface area contributed by atoms with Crippen LogP contribution in [0, 0.1) is 0 Å². The highest BCUT2D eigenvalue weighted by Gasteiger charge is 2.10. The van der Waals surface area contributed by atoms with Gasteiger partial charge >= 0.3 is 5.97 Å². The number of Topliss-reactive ketones (excluding diaryl/α,β-unsaturated/α-hetero) is 1. The van der Waals surface area contributed by atoms with Crippen molar-refractivity contribution >= 4 is 11.8 Å². The van der Waals surface area contributed by atoms with Gasteiger partial charge in [-0.15, -0.1) is 0 Å². The lowest BCUT2D eigenvalue weighted by molar-refractivity contribution is -0.140. The monoisotopic (exact) mass is 256 g/mol. The Balaban J connectivity index is 3.55. The van der Waals surface area contributed by atoms with Crippen LogP contribution in [0.3, 0.4) is 0 Å². The van der Waals surface area contributed by atoms with Gasteiger partial charge in [0.25, 0.3) is 0 Å². The molecule has 0 aliphatic heterocycles. The number of carbonyl (C=O) groups is 2. The number of aliphatic hydroxyl groups excluding tert-OH is 1. The number of ketones is 1. The normalized spacial score (nSPS) is 12.8. The molecule has 0 amide bonds. The van der Waals surface area contributed by atoms with Crippen LogP contribution >= 0.6 is 0 Å². The molecule has 4 nitrogen and oxygen atoms in total. The molecule has 0 aliphatic rings. The van der Waals surface area contributed by atoms with Crippen LogP contribution in [0.2, 0.25) is 0 Å². The van der Waals surface area contributed by atoms with E-state index in [4.69, 9.17) is 5.11 Å². The molecule has 0 rings (SSSR count). The second-order valence-corrected chi connectivity index (χ2v) is 4.50. The maximum atomic E-state index is 11.1. The van der Waals surface area contributed by atoms with Gasteiger partial charge in [0.2, 0.25) is 0 Å². The summed E-state index contributed by atoms with van der Waals surface area (Å²) in [4.78, 5) is 21.4. The summed E-state index contributed by atoms with van der Waals surface area (Å²) in [5, 5.41) is 18.0. The first-order valence-electron chi connectivity index (χ1n) is 6.62. The number of hydrogen-bond donors (Lipinski definition) is 2. The van der Waals surface area contributed by atoms with E-state index in [0.717, 1.165) is 6.42 Å². The van der Waals surface area contributed by atoms with E-state index in [-0.39, 0.29) is 12.2 Å². The van der Waals surface area contributed by atoms with E-state index in [1.807, 2.05) is 6.08 Å². The van der Waals surface area contributed by atoms with Crippen LogP contribution in [0.1, 0.15) is 58.3 Å². The van der Waals surface area contributed by atoms with Crippen LogP contribution in [0.4, 0.5) is 0 Å². The minimum absolute atomic E-state index is 0.136. The van der Waals surface area contributed by atoms with Crippen LogP contribution in [-0.4, -0.2) is 28.1 Å². The zero-order chi connectivity index (χ0) is 13.8. The molecular formula is C14H24O4. The average molecular weight is 256 g/mol. The molecule has 0 aromatic heterocycles. The van der Waals surface area contributed by atoms with Crippen molar-refractivity contribution in [3.63, 3.8) is 0 Å². The van der Waals surface area contributed by atoms with Gasteiger partial charge in [-0.25, -0.2) is 0 Å². The van der Waals surface area contributed by atoms with E-state index in [2.05, 4.69) is 13.0 Å². The highest BCUT2D eigenvalue weighted by Crippen LogP contribution is 2.06. The number of aliphatic carboxylic acids is 1. The molecule has 2 N–H and O–H groups in total. The quantitative estimate of drug-likeness (QED) is 0.338. The van der Waals surface area contributed by atoms with Gasteiger partial charge in [0.15, 0.2) is 0 Å². The molecule has 0 bridgehead atoms. The first kappa shape index (κ1) is 16.8. The Morgan fingerprint density at radius 2 is 1.94 bits per heavy atom. The Kier molecular flexibility index (Phi) is 10.3. The molecule has 104 valence electrons. The Morgan fingerprint density at radius 3 is 2.56 bits per heavy atom. The van der Waals surface area contributed by atoms with Crippen LogP contribution in [0.25, 0.3) is 0 Å². The summed E-state index contributed by atoms with van der Waals surface area (Å²) in [5.41, 5.74) is 0. The third-order valence-electron chi connectivity index (χ3n) is 2.65. The zero-order valence-corrected chi connectivity index (χ0v) is 11.1. The molecule has 0 heterocycles. The molecule has 0 aliphatic carbocycles. The number of carbonyl (C=O) groups excluding carboxylic acids is 1. The highest BCUT2D eigenvalue weighted by atomic mass is 16.4. The summed E-state index contributed by atoms with van der Waals surface area (Å²) >= 11 is 0. The first-order valence-corrected chi connectivity index (χ1v) is 6.62. The molecule has 1 atom stereocenters. The van der Waals surface area contributed by atoms with Crippen LogP contribution in [0.15, 0.2) is 12.2 Å². The Morgan fingerprint density at radius 1 is 1.22 bits per heavy atom. The second-order valence-electron chi connectivity index (χ2n) is 4.50. The van der Waals surface area contributed by atoms with E-state index in [9.17, 15) is 14.7 Å². The van der Waals surface area contributed by atoms with Gasteiger partial charge < -0.3 is 10.2 Å². The van der Waals surface area contributed by atoms with E-state index < -0.39 is 18.5 Å². The lowest BCUT2D eigenvalue weighted by atomic mass is 10.1. The number of aliphatic hydroxyl groups is 1. The van der Waals surface area contributed by atoms with Crippen molar-refractivity contribution < 1.29 is 19.8 Å². The molecule has 0 saturated heterocycles. The minimum atomic E-state index is -1.11. The topological polar surface area (TPSA) is 74.6 Å². The summed E-state index contributed by atoms with van der Waals surface area (Å²) < 4.78 is 0. The molecule has 0 spiro atoms. The minimum Gasteiger partial charge on any atom is -0.481 e. The lowest BCUT2D eigenvalue weighted by Crippen LogP contribution is -2.11. The van der Waals surface area contributed by atoms with E-state index >= 15 is 0 Å². The number of allylic oxidation sites excluding steroid dienone is 1. The zero-order valence-electron chi connectivity index (χ0n) is 11.1. The average Bonchev–Trinajstić information content (AvgIpc) is 2.30. The molecular weight excluding hydrogens is 232 g/mol. The van der Waals surface area contributed by atoms with Gasteiger partial charge in [0.1, 0.15) is 12.2 Å². The van der Waals surface area contributed by atoms with Gasteiger partial charge in [-0.1, -0.05) is 31.9 Å². The molecule has 0 aromatic rings. The highest BCUT2D eigenvalue weighted by molar-refractivity contribution is 5.94. The SMILES string of the molecule is CCCCC/C=C\C[C@H](O)CCC(=O)CC(=O)O. The third kappa shape index (κ3) is 11.3. The van der Waals surface area contributed by atoms with Gasteiger partial charge in [0, 0.05) is 6.42 Å². The number of unbranched alkanes of at least 4 members (excludes halogenated alkanes) is 3. The number of carboxylic acid groups (broad SMARTS) is 1. The molecule has 0 unspecified atom stereocenters. The number of hydrogen-bond acceptors (Lipinski definition) is 3. The predicted molar refractivity (Wildman–Crippen MR) is 70.4 cm³/mol. The summed E-state index contributed by atoms with van der Waals surface area (Å²) in [6, 6.07) is 0. The van der Waals surface area contributed by atoms with E-state index in [0.29, 0.717) is 12.8 Å². The maximum absolute atomic E-state index is 11.1. The fourth-order valence-electron chi connectivity index (χ4n) is 1.59. The molecule has 0 aromatic carbocycles. The smallest absolute Gasteiger partial charge is 0.310 e. The van der Waals surface area contributed by atoms with Crippen LogP contribution in [-0.2, 0) is 9.59 Å². The standard InChI is InChI=1S/C14H24O4/c1-2-3-4-5-6-7-8-12(15)9-10-13(16)11-14(17)18/h6-7,12,15H,2-5,8-11H2,1H3,(H,17,18)/b7-6-/t12-/m0/s1. The first-order chi connectivity index (χ1) is 8.56.